The maximum Gasteiger partial charge on any atom is 0.192 e. The Morgan fingerprint density at radius 3 is 2.55 bits per heavy atom. The third kappa shape index (κ3) is 2.99. The van der Waals surface area contributed by atoms with Crippen molar-refractivity contribution in [1.82, 2.24) is 5.32 Å². The average Bonchev–Trinajstić information content (AvgIpc) is 3.00. The second-order valence-corrected chi connectivity index (χ2v) is 9.21. The monoisotopic (exact) mass is 415 g/mol. The number of allylic oxidation sites excluding steroid dienone is 3. The van der Waals surface area contributed by atoms with Gasteiger partial charge >= 0.3 is 0 Å². The van der Waals surface area contributed by atoms with Crippen LogP contribution in [0.3, 0.4) is 0 Å². The molecule has 0 amide bonds. The van der Waals surface area contributed by atoms with E-state index in [4.69, 9.17) is 4.74 Å². The molecule has 0 aromatic heterocycles. The van der Waals surface area contributed by atoms with Crippen LogP contribution in [0.2, 0.25) is 0 Å². The molecule has 2 aliphatic carbocycles. The number of nitrogens with one attached hydrogen (secondary N) is 1. The number of ether oxygens (including phenoxy) is 1. The summed E-state index contributed by atoms with van der Waals surface area (Å²) < 4.78 is 5.60. The molecule has 0 unspecified atom stereocenters. The smallest absolute Gasteiger partial charge is 0.192 e. The fraction of sp³-hybridized carbons (Fsp3) is 0.308. The van der Waals surface area contributed by atoms with Crippen LogP contribution in [-0.2, 0) is 4.79 Å². The minimum Gasteiger partial charge on any atom is -0.504 e. The first-order valence-electron chi connectivity index (χ1n) is 10.7. The summed E-state index contributed by atoms with van der Waals surface area (Å²) in [6.45, 7) is 6.44. The summed E-state index contributed by atoms with van der Waals surface area (Å²) in [6, 6.07) is 12.7. The predicted octanol–water partition coefficient (Wildman–Crippen LogP) is 4.73. The zero-order valence-corrected chi connectivity index (χ0v) is 17.9. The summed E-state index contributed by atoms with van der Waals surface area (Å²) in [6.07, 6.45) is 1.16. The number of phenolic OH excluding ortho intramolecular Hbond substituents is 1. The minimum atomic E-state index is -0.491. The maximum atomic E-state index is 13.5. The molecule has 2 N–H and O–H groups in total. The lowest BCUT2D eigenvalue weighted by Crippen LogP contribution is -2.37. The molecule has 0 bridgehead atoms. The lowest BCUT2D eigenvalue weighted by molar-refractivity contribution is -0.118. The van der Waals surface area contributed by atoms with Gasteiger partial charge in [-0.3, -0.25) is 9.59 Å². The normalized spacial score (nSPS) is 21.5. The number of fused-ring (bicyclic) bond motifs is 2. The first-order valence-corrected chi connectivity index (χ1v) is 10.7. The molecule has 3 aliphatic rings. The van der Waals surface area contributed by atoms with Gasteiger partial charge < -0.3 is 15.2 Å². The Morgan fingerprint density at radius 2 is 1.81 bits per heavy atom. The van der Waals surface area contributed by atoms with Crippen LogP contribution in [-0.4, -0.2) is 23.3 Å². The lowest BCUT2D eigenvalue weighted by Gasteiger charge is -2.39. The van der Waals surface area contributed by atoms with Crippen molar-refractivity contribution in [2.24, 2.45) is 5.41 Å². The molecule has 5 nitrogen and oxygen atoms in total. The van der Waals surface area contributed by atoms with Gasteiger partial charge in [0.1, 0.15) is 0 Å². The van der Waals surface area contributed by atoms with Gasteiger partial charge in [0.15, 0.2) is 23.1 Å². The Labute approximate surface area is 181 Å². The summed E-state index contributed by atoms with van der Waals surface area (Å²) in [5.74, 6) is -0.0903. The van der Waals surface area contributed by atoms with E-state index in [1.807, 2.05) is 31.2 Å². The Kier molecular flexibility index (Phi) is 4.33. The highest BCUT2D eigenvalue weighted by atomic mass is 16.5. The first-order chi connectivity index (χ1) is 14.8. The van der Waals surface area contributed by atoms with Crippen LogP contribution in [0.4, 0.5) is 0 Å². The quantitative estimate of drug-likeness (QED) is 0.758. The van der Waals surface area contributed by atoms with Gasteiger partial charge in [0, 0.05) is 40.3 Å². The molecular weight excluding hydrogens is 390 g/mol. The molecule has 31 heavy (non-hydrogen) atoms. The number of ketones is 2. The zero-order chi connectivity index (χ0) is 21.9. The Hall–Kier alpha value is -3.34. The van der Waals surface area contributed by atoms with E-state index in [0.717, 1.165) is 28.9 Å². The SMILES string of the molecule is CCOc1cc([C@@H]2C3=C(CC(C)(C)CC3=O)NC3=C2C(=O)c2ccccc23)ccc1O. The van der Waals surface area contributed by atoms with Gasteiger partial charge in [-0.1, -0.05) is 44.2 Å². The van der Waals surface area contributed by atoms with Crippen LogP contribution >= 0.6 is 0 Å². The molecule has 2 aromatic rings. The second-order valence-electron chi connectivity index (χ2n) is 9.21. The largest absolute Gasteiger partial charge is 0.504 e. The third-order valence-corrected chi connectivity index (χ3v) is 6.35. The molecule has 0 radical (unpaired) electrons. The fourth-order valence-electron chi connectivity index (χ4n) is 5.10. The van der Waals surface area contributed by atoms with Crippen molar-refractivity contribution < 1.29 is 19.4 Å². The van der Waals surface area contributed by atoms with Gasteiger partial charge in [-0.05, 0) is 36.5 Å². The molecule has 1 aliphatic heterocycles. The molecule has 5 heteroatoms. The van der Waals surface area contributed by atoms with E-state index in [9.17, 15) is 14.7 Å². The van der Waals surface area contributed by atoms with Crippen molar-refractivity contribution in [3.05, 3.63) is 76.0 Å². The molecule has 0 saturated carbocycles. The van der Waals surface area contributed by atoms with Crippen molar-refractivity contribution in [3.8, 4) is 11.5 Å². The van der Waals surface area contributed by atoms with E-state index in [1.165, 1.54) is 0 Å². The number of carbonyl (C=O) groups is 2. The number of benzene rings is 2. The summed E-state index contributed by atoms with van der Waals surface area (Å²) >= 11 is 0. The molecular formula is C26H25NO4. The van der Waals surface area contributed by atoms with E-state index in [-0.39, 0.29) is 22.7 Å². The van der Waals surface area contributed by atoms with E-state index in [1.54, 1.807) is 18.2 Å². The summed E-state index contributed by atoms with van der Waals surface area (Å²) in [4.78, 5) is 26.8. The minimum absolute atomic E-state index is 0.0417. The highest BCUT2D eigenvalue weighted by Gasteiger charge is 2.46. The van der Waals surface area contributed by atoms with Crippen LogP contribution in [0.15, 0.2) is 59.3 Å². The molecule has 158 valence electrons. The topological polar surface area (TPSA) is 75.6 Å². The summed E-state index contributed by atoms with van der Waals surface area (Å²) in [5, 5.41) is 13.7. The summed E-state index contributed by atoms with van der Waals surface area (Å²) in [5.41, 5.74) is 5.09. The average molecular weight is 415 g/mol. The molecule has 2 aromatic carbocycles. The number of aromatic hydroxyl groups is 1. The molecule has 1 heterocycles. The summed E-state index contributed by atoms with van der Waals surface area (Å²) in [7, 11) is 0. The Balaban J connectivity index is 1.74. The van der Waals surface area contributed by atoms with Gasteiger partial charge in [-0.25, -0.2) is 0 Å². The maximum absolute atomic E-state index is 13.5. The van der Waals surface area contributed by atoms with E-state index >= 15 is 0 Å². The molecule has 1 atom stereocenters. The third-order valence-electron chi connectivity index (χ3n) is 6.35. The lowest BCUT2D eigenvalue weighted by atomic mass is 9.68. The molecule has 0 spiro atoms. The van der Waals surface area contributed by atoms with Crippen LogP contribution in [0, 0.1) is 5.41 Å². The number of hydrogen-bond acceptors (Lipinski definition) is 5. The van der Waals surface area contributed by atoms with Gasteiger partial charge in [0.05, 0.1) is 12.3 Å². The van der Waals surface area contributed by atoms with Crippen molar-refractivity contribution >= 4 is 17.3 Å². The predicted molar refractivity (Wildman–Crippen MR) is 118 cm³/mol. The number of carbonyl (C=O) groups excluding carboxylic acids is 2. The molecule has 5 rings (SSSR count). The number of phenols is 1. The van der Waals surface area contributed by atoms with Crippen molar-refractivity contribution in [2.75, 3.05) is 6.61 Å². The van der Waals surface area contributed by atoms with Crippen molar-refractivity contribution in [2.45, 2.75) is 39.5 Å². The number of rotatable bonds is 3. The van der Waals surface area contributed by atoms with Gasteiger partial charge in [0.2, 0.25) is 0 Å². The van der Waals surface area contributed by atoms with Crippen LogP contribution in [0.5, 0.6) is 11.5 Å². The molecule has 0 fully saturated rings. The second kappa shape index (κ2) is 6.84. The van der Waals surface area contributed by atoms with Crippen LogP contribution in [0.1, 0.15) is 61.0 Å². The standard InChI is InChI=1S/C26H25NO4/c1-4-31-20-11-14(9-10-18(20)28)21-22-17(12-26(2,3)13-19(22)29)27-24-15-7-5-6-8-16(15)25(30)23(21)24/h5-11,21,27-28H,4,12-13H2,1-3H3/t21-/m1/s1. The zero-order valence-electron chi connectivity index (χ0n) is 17.9. The van der Waals surface area contributed by atoms with Crippen LogP contribution in [0.25, 0.3) is 5.70 Å². The fourth-order valence-corrected chi connectivity index (χ4v) is 5.10. The van der Waals surface area contributed by atoms with Crippen LogP contribution < -0.4 is 10.1 Å². The Morgan fingerprint density at radius 1 is 1.06 bits per heavy atom. The number of hydrogen-bond donors (Lipinski definition) is 2. The molecule has 0 saturated heterocycles. The van der Waals surface area contributed by atoms with Crippen molar-refractivity contribution in [1.29, 1.82) is 0 Å². The van der Waals surface area contributed by atoms with E-state index in [0.29, 0.717) is 35.5 Å². The highest BCUT2D eigenvalue weighted by molar-refractivity contribution is 6.23. The highest BCUT2D eigenvalue weighted by Crippen LogP contribution is 2.51. The van der Waals surface area contributed by atoms with Gasteiger partial charge in [0.25, 0.3) is 0 Å². The van der Waals surface area contributed by atoms with Gasteiger partial charge in [-0.2, -0.15) is 0 Å². The Bertz CT molecular complexity index is 1200. The van der Waals surface area contributed by atoms with E-state index < -0.39 is 5.92 Å². The first kappa shape index (κ1) is 19.6. The van der Waals surface area contributed by atoms with E-state index in [2.05, 4.69) is 19.2 Å². The number of dihydropyridines is 1. The van der Waals surface area contributed by atoms with Gasteiger partial charge in [-0.15, -0.1) is 0 Å². The van der Waals surface area contributed by atoms with Crippen molar-refractivity contribution in [3.63, 3.8) is 0 Å². The number of Topliss-reactive ketones (excluding diaryl/α,β-unsaturated/α-hetero) is 2.